The Labute approximate surface area is 139 Å². The van der Waals surface area contributed by atoms with E-state index >= 15 is 0 Å². The second-order valence-corrected chi connectivity index (χ2v) is 6.16. The van der Waals surface area contributed by atoms with Crippen molar-refractivity contribution in [2.24, 2.45) is 0 Å². The molecule has 1 aliphatic heterocycles. The molecule has 1 saturated heterocycles. The van der Waals surface area contributed by atoms with Gasteiger partial charge in [-0.15, -0.1) is 6.58 Å². The maximum absolute atomic E-state index is 3.91. The lowest BCUT2D eigenvalue weighted by Gasteiger charge is -2.35. The number of allylic oxidation sites excluding steroid dienone is 1. The number of hydrogen-bond acceptors (Lipinski definition) is 2. The minimum Gasteiger partial charge on any atom is -0.314 e. The summed E-state index contributed by atoms with van der Waals surface area (Å²) in [5.41, 5.74) is 4.02. The summed E-state index contributed by atoms with van der Waals surface area (Å²) in [5.74, 6) is 0. The molecule has 0 amide bonds. The highest BCUT2D eigenvalue weighted by atomic mass is 15.2. The molecule has 1 fully saturated rings. The van der Waals surface area contributed by atoms with Gasteiger partial charge in [0, 0.05) is 32.2 Å². The fourth-order valence-corrected chi connectivity index (χ4v) is 3.39. The van der Waals surface area contributed by atoms with Gasteiger partial charge in [0.05, 0.1) is 0 Å². The molecule has 2 aromatic rings. The van der Waals surface area contributed by atoms with E-state index in [1.54, 1.807) is 0 Å². The number of rotatable bonds is 6. The van der Waals surface area contributed by atoms with Gasteiger partial charge in [0.2, 0.25) is 0 Å². The van der Waals surface area contributed by atoms with Crippen molar-refractivity contribution in [1.82, 2.24) is 10.2 Å². The van der Waals surface area contributed by atoms with E-state index < -0.39 is 0 Å². The quantitative estimate of drug-likeness (QED) is 0.802. The standard InChI is InChI=1S/C21H26N2/c1-2-3-12-21(23-15-13-22-14-16-23)20-11-7-10-19(17-20)18-8-5-4-6-9-18/h2,4-11,17,21-22H,1,3,12-16H2/t21-/m1/s1. The third-order valence-corrected chi connectivity index (χ3v) is 4.62. The highest BCUT2D eigenvalue weighted by molar-refractivity contribution is 5.64. The molecule has 120 valence electrons. The van der Waals surface area contributed by atoms with Crippen LogP contribution in [-0.2, 0) is 0 Å². The Kier molecular flexibility index (Phi) is 5.62. The maximum atomic E-state index is 3.91. The number of nitrogens with zero attached hydrogens (tertiary/aromatic N) is 1. The van der Waals surface area contributed by atoms with Crippen LogP contribution in [0.1, 0.15) is 24.4 Å². The summed E-state index contributed by atoms with van der Waals surface area (Å²) in [6, 6.07) is 20.2. The van der Waals surface area contributed by atoms with Gasteiger partial charge in [0.1, 0.15) is 0 Å². The van der Waals surface area contributed by atoms with Crippen molar-refractivity contribution in [3.05, 3.63) is 72.8 Å². The van der Waals surface area contributed by atoms with Crippen molar-refractivity contribution in [1.29, 1.82) is 0 Å². The molecule has 2 nitrogen and oxygen atoms in total. The second-order valence-electron chi connectivity index (χ2n) is 6.16. The molecule has 0 aromatic heterocycles. The molecule has 1 heterocycles. The largest absolute Gasteiger partial charge is 0.314 e. The van der Waals surface area contributed by atoms with E-state index in [2.05, 4.69) is 71.4 Å². The summed E-state index contributed by atoms with van der Waals surface area (Å²) >= 11 is 0. The summed E-state index contributed by atoms with van der Waals surface area (Å²) in [5, 5.41) is 3.45. The van der Waals surface area contributed by atoms with E-state index in [9.17, 15) is 0 Å². The first kappa shape index (κ1) is 16.0. The van der Waals surface area contributed by atoms with E-state index in [-0.39, 0.29) is 0 Å². The number of nitrogens with one attached hydrogen (secondary N) is 1. The summed E-state index contributed by atoms with van der Waals surface area (Å²) in [6.07, 6.45) is 4.24. The average Bonchev–Trinajstić information content (AvgIpc) is 2.64. The predicted octanol–water partition coefficient (Wildman–Crippen LogP) is 4.27. The summed E-state index contributed by atoms with van der Waals surface area (Å²) in [6.45, 7) is 8.32. The number of piperazine rings is 1. The van der Waals surface area contributed by atoms with Crippen LogP contribution in [0.4, 0.5) is 0 Å². The Morgan fingerprint density at radius 1 is 1.00 bits per heavy atom. The first-order chi connectivity index (χ1) is 11.4. The molecule has 2 heteroatoms. The fourth-order valence-electron chi connectivity index (χ4n) is 3.39. The SMILES string of the molecule is C=CCC[C@H](c1cccc(-c2ccccc2)c1)N1CCNCC1. The summed E-state index contributed by atoms with van der Waals surface area (Å²) in [4.78, 5) is 2.62. The zero-order valence-corrected chi connectivity index (χ0v) is 13.7. The molecular formula is C21H26N2. The lowest BCUT2D eigenvalue weighted by Crippen LogP contribution is -2.45. The molecule has 0 spiro atoms. The Bertz CT molecular complexity index is 615. The minimum atomic E-state index is 0.485. The van der Waals surface area contributed by atoms with E-state index in [4.69, 9.17) is 0 Å². The number of benzene rings is 2. The van der Waals surface area contributed by atoms with Crippen LogP contribution in [0.2, 0.25) is 0 Å². The second kappa shape index (κ2) is 8.09. The predicted molar refractivity (Wildman–Crippen MR) is 98.5 cm³/mol. The Balaban J connectivity index is 1.87. The van der Waals surface area contributed by atoms with Crippen molar-refractivity contribution in [2.75, 3.05) is 26.2 Å². The third kappa shape index (κ3) is 4.10. The number of hydrogen-bond donors (Lipinski definition) is 1. The molecule has 0 radical (unpaired) electrons. The highest BCUT2D eigenvalue weighted by Gasteiger charge is 2.21. The van der Waals surface area contributed by atoms with Gasteiger partial charge in [-0.05, 0) is 35.6 Å². The van der Waals surface area contributed by atoms with Crippen LogP contribution >= 0.6 is 0 Å². The molecule has 3 rings (SSSR count). The first-order valence-corrected chi connectivity index (χ1v) is 8.59. The molecule has 2 aromatic carbocycles. The van der Waals surface area contributed by atoms with Gasteiger partial charge in [0.25, 0.3) is 0 Å². The average molecular weight is 306 g/mol. The minimum absolute atomic E-state index is 0.485. The van der Waals surface area contributed by atoms with Crippen LogP contribution < -0.4 is 5.32 Å². The van der Waals surface area contributed by atoms with Crippen molar-refractivity contribution >= 4 is 0 Å². The van der Waals surface area contributed by atoms with Crippen LogP contribution in [-0.4, -0.2) is 31.1 Å². The first-order valence-electron chi connectivity index (χ1n) is 8.59. The summed E-state index contributed by atoms with van der Waals surface area (Å²) < 4.78 is 0. The van der Waals surface area contributed by atoms with Gasteiger partial charge in [-0.1, -0.05) is 54.6 Å². The fraction of sp³-hybridized carbons (Fsp3) is 0.333. The molecule has 1 atom stereocenters. The van der Waals surface area contributed by atoms with Gasteiger partial charge in [-0.2, -0.15) is 0 Å². The lowest BCUT2D eigenvalue weighted by atomic mass is 9.95. The molecule has 0 bridgehead atoms. The molecule has 0 saturated carbocycles. The van der Waals surface area contributed by atoms with Crippen molar-refractivity contribution in [2.45, 2.75) is 18.9 Å². The molecular weight excluding hydrogens is 280 g/mol. The van der Waals surface area contributed by atoms with Gasteiger partial charge in [-0.3, -0.25) is 4.90 Å². The Morgan fingerprint density at radius 2 is 1.74 bits per heavy atom. The molecule has 0 unspecified atom stereocenters. The van der Waals surface area contributed by atoms with Gasteiger partial charge >= 0.3 is 0 Å². The van der Waals surface area contributed by atoms with Crippen LogP contribution in [0.15, 0.2) is 67.3 Å². The Hall–Kier alpha value is -1.90. The van der Waals surface area contributed by atoms with E-state index in [1.807, 2.05) is 6.08 Å². The molecule has 0 aliphatic carbocycles. The monoisotopic (exact) mass is 306 g/mol. The molecule has 1 aliphatic rings. The summed E-state index contributed by atoms with van der Waals surface area (Å²) in [7, 11) is 0. The zero-order valence-electron chi connectivity index (χ0n) is 13.7. The van der Waals surface area contributed by atoms with Crippen molar-refractivity contribution in [3.63, 3.8) is 0 Å². The van der Waals surface area contributed by atoms with E-state index in [0.29, 0.717) is 6.04 Å². The van der Waals surface area contributed by atoms with Gasteiger partial charge in [-0.25, -0.2) is 0 Å². The maximum Gasteiger partial charge on any atom is 0.0352 e. The van der Waals surface area contributed by atoms with Crippen molar-refractivity contribution < 1.29 is 0 Å². The van der Waals surface area contributed by atoms with Gasteiger partial charge < -0.3 is 5.32 Å². The zero-order chi connectivity index (χ0) is 15.9. The Morgan fingerprint density at radius 3 is 2.48 bits per heavy atom. The van der Waals surface area contributed by atoms with Gasteiger partial charge in [0.15, 0.2) is 0 Å². The molecule has 1 N–H and O–H groups in total. The van der Waals surface area contributed by atoms with Crippen LogP contribution in [0.5, 0.6) is 0 Å². The van der Waals surface area contributed by atoms with Crippen LogP contribution in [0.3, 0.4) is 0 Å². The third-order valence-electron chi connectivity index (χ3n) is 4.62. The smallest absolute Gasteiger partial charge is 0.0352 e. The van der Waals surface area contributed by atoms with Crippen molar-refractivity contribution in [3.8, 4) is 11.1 Å². The molecule has 23 heavy (non-hydrogen) atoms. The normalized spacial score (nSPS) is 16.9. The van der Waals surface area contributed by atoms with E-state index in [1.165, 1.54) is 16.7 Å². The van der Waals surface area contributed by atoms with Crippen LogP contribution in [0, 0.1) is 0 Å². The topological polar surface area (TPSA) is 15.3 Å². The lowest BCUT2D eigenvalue weighted by molar-refractivity contribution is 0.166. The van der Waals surface area contributed by atoms with E-state index in [0.717, 1.165) is 39.0 Å². The highest BCUT2D eigenvalue weighted by Crippen LogP contribution is 2.29. The van der Waals surface area contributed by atoms with Crippen LogP contribution in [0.25, 0.3) is 11.1 Å².